The summed E-state index contributed by atoms with van der Waals surface area (Å²) in [5, 5.41) is 3.42. The highest BCUT2D eigenvalue weighted by Crippen LogP contribution is 2.40. The van der Waals surface area contributed by atoms with E-state index in [2.05, 4.69) is 5.32 Å². The molecule has 1 aliphatic carbocycles. The Hall–Kier alpha value is -1.66. The highest BCUT2D eigenvalue weighted by Gasteiger charge is 2.41. The lowest BCUT2D eigenvalue weighted by Gasteiger charge is -2.33. The van der Waals surface area contributed by atoms with Gasteiger partial charge in [-0.25, -0.2) is 8.78 Å². The van der Waals surface area contributed by atoms with Gasteiger partial charge in [-0.3, -0.25) is 4.79 Å². The van der Waals surface area contributed by atoms with Crippen LogP contribution in [0.25, 0.3) is 5.52 Å². The third-order valence-corrected chi connectivity index (χ3v) is 5.78. The zero-order valence-electron chi connectivity index (χ0n) is 15.6. The molecular weight excluding hydrogens is 374 g/mol. The molecule has 7 heteroatoms. The van der Waals surface area contributed by atoms with Gasteiger partial charge in [0.15, 0.2) is 0 Å². The fourth-order valence-corrected chi connectivity index (χ4v) is 4.07. The number of nitrogens with zero attached hydrogens (tertiary/aromatic N) is 1. The van der Waals surface area contributed by atoms with Crippen LogP contribution < -0.4 is 5.32 Å². The molecule has 0 bridgehead atoms. The van der Waals surface area contributed by atoms with Crippen LogP contribution in [-0.2, 0) is 11.2 Å². The van der Waals surface area contributed by atoms with E-state index in [1.54, 1.807) is 20.1 Å². The van der Waals surface area contributed by atoms with Crippen LogP contribution in [0, 0.1) is 11.8 Å². The number of alkyl halides is 2. The third-order valence-electron chi connectivity index (χ3n) is 5.47. The summed E-state index contributed by atoms with van der Waals surface area (Å²) in [4.78, 5) is 12.8. The second kappa shape index (κ2) is 8.15. The van der Waals surface area contributed by atoms with Crippen molar-refractivity contribution in [3.05, 3.63) is 40.7 Å². The molecular formula is C20H25ClF2N2O2. The smallest absolute Gasteiger partial charge is 0.253 e. The molecule has 3 rings (SSSR count). The number of amides is 1. The SMILES string of the molecule is COCCc1cc(C(=O)NCC2CCC(F)(F)C(C)C2)c2c(Cl)cccn12. The van der Waals surface area contributed by atoms with E-state index in [-0.39, 0.29) is 18.2 Å². The van der Waals surface area contributed by atoms with Crippen molar-refractivity contribution < 1.29 is 18.3 Å². The number of hydrogen-bond donors (Lipinski definition) is 1. The predicted molar refractivity (Wildman–Crippen MR) is 102 cm³/mol. The zero-order valence-corrected chi connectivity index (χ0v) is 16.4. The molecule has 1 aliphatic rings. The normalized spacial score (nSPS) is 22.1. The van der Waals surface area contributed by atoms with Gasteiger partial charge in [-0.05, 0) is 37.0 Å². The molecule has 27 heavy (non-hydrogen) atoms. The van der Waals surface area contributed by atoms with Gasteiger partial charge in [0.05, 0.1) is 22.7 Å². The van der Waals surface area contributed by atoms with Gasteiger partial charge >= 0.3 is 0 Å². The largest absolute Gasteiger partial charge is 0.384 e. The van der Waals surface area contributed by atoms with E-state index in [1.165, 1.54) is 0 Å². The molecule has 2 atom stereocenters. The Bertz CT molecular complexity index is 822. The lowest BCUT2D eigenvalue weighted by molar-refractivity contribution is -0.0901. The van der Waals surface area contributed by atoms with Crippen LogP contribution >= 0.6 is 11.6 Å². The summed E-state index contributed by atoms with van der Waals surface area (Å²) in [6.45, 7) is 2.51. The van der Waals surface area contributed by atoms with Gasteiger partial charge in [0.2, 0.25) is 0 Å². The third kappa shape index (κ3) is 4.27. The number of aromatic nitrogens is 1. The Balaban J connectivity index is 1.74. The molecule has 2 unspecified atom stereocenters. The van der Waals surface area contributed by atoms with Gasteiger partial charge in [-0.2, -0.15) is 0 Å². The summed E-state index contributed by atoms with van der Waals surface area (Å²) in [6, 6.07) is 5.41. The number of carbonyl (C=O) groups excluding carboxylic acids is 1. The maximum absolute atomic E-state index is 13.6. The minimum atomic E-state index is -2.59. The Kier molecular flexibility index (Phi) is 6.06. The Morgan fingerprint density at radius 1 is 1.48 bits per heavy atom. The van der Waals surface area contributed by atoms with Crippen molar-refractivity contribution in [3.8, 4) is 0 Å². The second-order valence-electron chi connectivity index (χ2n) is 7.38. The van der Waals surface area contributed by atoms with Gasteiger partial charge in [-0.1, -0.05) is 18.5 Å². The van der Waals surface area contributed by atoms with Gasteiger partial charge in [-0.15, -0.1) is 0 Å². The summed E-state index contributed by atoms with van der Waals surface area (Å²) in [5.41, 5.74) is 2.10. The Morgan fingerprint density at radius 2 is 2.26 bits per heavy atom. The fraction of sp³-hybridized carbons (Fsp3) is 0.550. The van der Waals surface area contributed by atoms with Crippen LogP contribution in [0.4, 0.5) is 8.78 Å². The minimum absolute atomic E-state index is 0.0703. The maximum Gasteiger partial charge on any atom is 0.253 e. The molecule has 2 aromatic heterocycles. The van der Waals surface area contributed by atoms with Crippen molar-refractivity contribution in [1.29, 1.82) is 0 Å². The number of nitrogens with one attached hydrogen (secondary N) is 1. The first-order valence-electron chi connectivity index (χ1n) is 9.27. The second-order valence-corrected chi connectivity index (χ2v) is 7.79. The summed E-state index contributed by atoms with van der Waals surface area (Å²) >= 11 is 6.34. The van der Waals surface area contributed by atoms with E-state index in [9.17, 15) is 13.6 Å². The van der Waals surface area contributed by atoms with E-state index in [0.717, 1.165) is 5.69 Å². The summed E-state index contributed by atoms with van der Waals surface area (Å²) in [5.74, 6) is -3.41. The number of rotatable bonds is 6. The Morgan fingerprint density at radius 3 is 2.96 bits per heavy atom. The molecule has 1 amide bonds. The van der Waals surface area contributed by atoms with Crippen molar-refractivity contribution in [3.63, 3.8) is 0 Å². The predicted octanol–water partition coefficient (Wildman–Crippen LogP) is 4.58. The number of hydrogen-bond acceptors (Lipinski definition) is 2. The van der Waals surface area contributed by atoms with Crippen LogP contribution in [0.5, 0.6) is 0 Å². The molecule has 0 saturated heterocycles. The van der Waals surface area contributed by atoms with Gasteiger partial charge in [0.1, 0.15) is 0 Å². The molecule has 1 N–H and O–H groups in total. The number of carbonyl (C=O) groups is 1. The van der Waals surface area contributed by atoms with Crippen LogP contribution in [0.1, 0.15) is 42.2 Å². The number of ether oxygens (including phenoxy) is 1. The molecule has 2 aromatic rings. The maximum atomic E-state index is 13.6. The lowest BCUT2D eigenvalue weighted by Crippen LogP contribution is -2.38. The Labute approximate surface area is 162 Å². The lowest BCUT2D eigenvalue weighted by atomic mass is 9.79. The standard InChI is InChI=1S/C20H25ClF2N2O2/c1-13-10-14(5-7-20(13,22)23)12-24-19(26)16-11-15(6-9-27-2)25-8-3-4-17(21)18(16)25/h3-4,8,11,13-14H,5-7,9-10,12H2,1-2H3,(H,24,26). The average molecular weight is 399 g/mol. The van der Waals surface area contributed by atoms with E-state index in [1.807, 2.05) is 22.7 Å². The van der Waals surface area contributed by atoms with E-state index >= 15 is 0 Å². The summed E-state index contributed by atoms with van der Waals surface area (Å²) in [7, 11) is 1.63. The number of fused-ring (bicyclic) bond motifs is 1. The van der Waals surface area contributed by atoms with Crippen molar-refractivity contribution in [2.75, 3.05) is 20.3 Å². The topological polar surface area (TPSA) is 42.7 Å². The monoisotopic (exact) mass is 398 g/mol. The molecule has 0 radical (unpaired) electrons. The number of pyridine rings is 1. The van der Waals surface area contributed by atoms with Crippen LogP contribution in [0.15, 0.2) is 24.4 Å². The first-order chi connectivity index (χ1) is 12.8. The van der Waals surface area contributed by atoms with Crippen LogP contribution in [0.2, 0.25) is 5.02 Å². The molecule has 2 heterocycles. The highest BCUT2D eigenvalue weighted by molar-refractivity contribution is 6.34. The molecule has 0 aromatic carbocycles. The van der Waals surface area contributed by atoms with Gasteiger partial charge in [0, 0.05) is 44.3 Å². The van der Waals surface area contributed by atoms with Crippen molar-refractivity contribution in [2.45, 2.75) is 38.5 Å². The highest BCUT2D eigenvalue weighted by atomic mass is 35.5. The fourth-order valence-electron chi connectivity index (χ4n) is 3.81. The van der Waals surface area contributed by atoms with E-state index in [0.29, 0.717) is 48.5 Å². The summed E-state index contributed by atoms with van der Waals surface area (Å²) < 4.78 is 34.3. The molecule has 1 saturated carbocycles. The van der Waals surface area contributed by atoms with E-state index in [4.69, 9.17) is 16.3 Å². The zero-order chi connectivity index (χ0) is 19.6. The van der Waals surface area contributed by atoms with Gasteiger partial charge in [0.25, 0.3) is 11.8 Å². The molecule has 1 fully saturated rings. The number of halogens is 3. The molecule has 0 aliphatic heterocycles. The van der Waals surface area contributed by atoms with Crippen LogP contribution in [0.3, 0.4) is 0 Å². The summed E-state index contributed by atoms with van der Waals surface area (Å²) in [6.07, 6.45) is 3.25. The van der Waals surface area contributed by atoms with Gasteiger partial charge < -0.3 is 14.5 Å². The molecule has 148 valence electrons. The first-order valence-corrected chi connectivity index (χ1v) is 9.64. The first kappa shape index (κ1) is 20.1. The van der Waals surface area contributed by atoms with Crippen LogP contribution in [-0.4, -0.2) is 36.5 Å². The molecule has 4 nitrogen and oxygen atoms in total. The minimum Gasteiger partial charge on any atom is -0.384 e. The van der Waals surface area contributed by atoms with Crippen molar-refractivity contribution in [2.24, 2.45) is 11.8 Å². The quantitative estimate of drug-likeness (QED) is 0.773. The molecule has 0 spiro atoms. The van der Waals surface area contributed by atoms with E-state index < -0.39 is 11.8 Å². The average Bonchev–Trinajstić information content (AvgIpc) is 3.01. The van der Waals surface area contributed by atoms with Crippen molar-refractivity contribution in [1.82, 2.24) is 9.72 Å². The van der Waals surface area contributed by atoms with Crippen molar-refractivity contribution >= 4 is 23.0 Å². The number of methoxy groups -OCH3 is 1.